The predicted octanol–water partition coefficient (Wildman–Crippen LogP) is 2.26. The van der Waals surface area contributed by atoms with Gasteiger partial charge in [-0.1, -0.05) is 24.3 Å². The van der Waals surface area contributed by atoms with Crippen LogP contribution in [0.4, 0.5) is 0 Å². The van der Waals surface area contributed by atoms with Gasteiger partial charge in [-0.25, -0.2) is 4.79 Å². The van der Waals surface area contributed by atoms with Crippen LogP contribution in [0.25, 0.3) is 0 Å². The van der Waals surface area contributed by atoms with Gasteiger partial charge in [0.05, 0.1) is 11.8 Å². The maximum Gasteiger partial charge on any atom is 0.331 e. The lowest BCUT2D eigenvalue weighted by Crippen LogP contribution is -2.40. The molecule has 0 radical (unpaired) electrons. The Morgan fingerprint density at radius 1 is 1.08 bits per heavy atom. The molecule has 134 valence electrons. The number of esters is 1. The summed E-state index contributed by atoms with van der Waals surface area (Å²) in [6.07, 6.45) is 5.39. The minimum atomic E-state index is -0.565. The van der Waals surface area contributed by atoms with Gasteiger partial charge in [-0.3, -0.25) is 14.5 Å². The van der Waals surface area contributed by atoms with E-state index in [1.807, 2.05) is 26.0 Å². The molecule has 1 heterocycles. The summed E-state index contributed by atoms with van der Waals surface area (Å²) in [6.45, 7) is 3.48. The second-order valence-electron chi connectivity index (χ2n) is 8.16. The van der Waals surface area contributed by atoms with E-state index in [0.717, 1.165) is 22.4 Å². The number of hydrogen-bond acceptors (Lipinski definition) is 4. The fourth-order valence-corrected chi connectivity index (χ4v) is 5.28. The highest BCUT2D eigenvalue weighted by molar-refractivity contribution is 6.08. The van der Waals surface area contributed by atoms with Crippen LogP contribution in [0.15, 0.2) is 30.4 Å². The Bertz CT molecular complexity index is 837. The fourth-order valence-electron chi connectivity index (χ4n) is 5.28. The van der Waals surface area contributed by atoms with Crippen molar-refractivity contribution in [3.05, 3.63) is 41.5 Å². The van der Waals surface area contributed by atoms with Gasteiger partial charge in [-0.2, -0.15) is 0 Å². The molecule has 6 rings (SSSR count). The normalized spacial score (nSPS) is 36.2. The molecule has 2 bridgehead atoms. The van der Waals surface area contributed by atoms with Crippen LogP contribution in [0.1, 0.15) is 17.5 Å². The molecule has 2 amide bonds. The largest absolute Gasteiger partial charge is 0.425 e. The molecule has 5 heteroatoms. The maximum atomic E-state index is 12.9. The number of benzene rings is 1. The van der Waals surface area contributed by atoms with Gasteiger partial charge in [-0.05, 0) is 61.1 Å². The first-order chi connectivity index (χ1) is 12.5. The van der Waals surface area contributed by atoms with Gasteiger partial charge >= 0.3 is 5.97 Å². The quantitative estimate of drug-likeness (QED) is 0.363. The molecule has 3 fully saturated rings. The topological polar surface area (TPSA) is 63.7 Å². The summed E-state index contributed by atoms with van der Waals surface area (Å²) in [7, 11) is 0. The number of nitrogens with zero attached hydrogens (tertiary/aromatic N) is 1. The smallest absolute Gasteiger partial charge is 0.331 e. The zero-order valence-electron chi connectivity index (χ0n) is 14.8. The van der Waals surface area contributed by atoms with Crippen molar-refractivity contribution in [1.29, 1.82) is 0 Å². The highest BCUT2D eigenvalue weighted by atomic mass is 16.5. The number of carbonyl (C=O) groups excluding carboxylic acids is 3. The minimum Gasteiger partial charge on any atom is -0.425 e. The molecule has 5 nitrogen and oxygen atoms in total. The molecule has 0 spiro atoms. The van der Waals surface area contributed by atoms with E-state index in [4.69, 9.17) is 4.74 Å². The van der Waals surface area contributed by atoms with Crippen LogP contribution in [0.2, 0.25) is 0 Å². The molecule has 4 aliphatic carbocycles. The van der Waals surface area contributed by atoms with Crippen LogP contribution in [-0.4, -0.2) is 29.2 Å². The van der Waals surface area contributed by atoms with Crippen molar-refractivity contribution in [2.24, 2.45) is 35.5 Å². The molecule has 0 N–H and O–H groups in total. The van der Waals surface area contributed by atoms with Crippen molar-refractivity contribution in [3.63, 3.8) is 0 Å². The van der Waals surface area contributed by atoms with Crippen LogP contribution >= 0.6 is 0 Å². The van der Waals surface area contributed by atoms with E-state index in [1.165, 1.54) is 0 Å². The molecule has 1 aromatic rings. The number of rotatable bonds is 3. The van der Waals surface area contributed by atoms with Gasteiger partial charge in [0.2, 0.25) is 11.8 Å². The summed E-state index contributed by atoms with van der Waals surface area (Å²) in [5, 5.41) is 0. The van der Waals surface area contributed by atoms with Gasteiger partial charge in [0, 0.05) is 0 Å². The predicted molar refractivity (Wildman–Crippen MR) is 93.0 cm³/mol. The van der Waals surface area contributed by atoms with E-state index in [0.29, 0.717) is 17.6 Å². The number of hydrogen-bond donors (Lipinski definition) is 0. The van der Waals surface area contributed by atoms with Gasteiger partial charge in [0.15, 0.2) is 0 Å². The number of imide groups is 1. The summed E-state index contributed by atoms with van der Waals surface area (Å²) in [5.41, 5.74) is 1.83. The molecule has 6 atom stereocenters. The first kappa shape index (κ1) is 15.8. The molecule has 1 saturated heterocycles. The summed E-state index contributed by atoms with van der Waals surface area (Å²) in [6, 6.07) is 5.62. The third-order valence-electron chi connectivity index (χ3n) is 6.61. The van der Waals surface area contributed by atoms with Crippen molar-refractivity contribution >= 4 is 17.8 Å². The van der Waals surface area contributed by atoms with E-state index in [9.17, 15) is 14.4 Å². The SMILES string of the molecule is Cc1ccc(C)c(OC(=O)CN2C(=O)[C@@H]3[C@H]4C=C[C@@H]([C@@H]5C[C@H]45)[C@@H]3C2=O)c1. The summed E-state index contributed by atoms with van der Waals surface area (Å²) >= 11 is 0. The number of ether oxygens (including phenoxy) is 1. The average Bonchev–Trinajstić information content (AvgIpc) is 3.39. The fraction of sp³-hybridized carbons (Fsp3) is 0.476. The minimum absolute atomic E-state index is 0.173. The highest BCUT2D eigenvalue weighted by Gasteiger charge is 2.67. The first-order valence-electron chi connectivity index (χ1n) is 9.27. The molecule has 1 aliphatic heterocycles. The first-order valence-corrected chi connectivity index (χ1v) is 9.27. The molecule has 5 aliphatic rings. The monoisotopic (exact) mass is 351 g/mol. The zero-order valence-corrected chi connectivity index (χ0v) is 14.8. The molecule has 0 unspecified atom stereocenters. The third kappa shape index (κ3) is 2.12. The van der Waals surface area contributed by atoms with E-state index in [2.05, 4.69) is 12.2 Å². The van der Waals surface area contributed by atoms with Crippen molar-refractivity contribution < 1.29 is 19.1 Å². The Hall–Kier alpha value is -2.43. The molecule has 0 aromatic heterocycles. The second kappa shape index (κ2) is 5.29. The standard InChI is InChI=1S/C21H21NO4/c1-10-3-4-11(2)16(7-10)26-17(23)9-22-20(24)18-12-5-6-13(15-8-14(12)15)19(18)21(22)25/h3-7,12-15,18-19H,8-9H2,1-2H3/t12-,13-,14-,15+,18-,19+/m0/s1. The Morgan fingerprint density at radius 3 is 2.31 bits per heavy atom. The number of likely N-dealkylation sites (tertiary alicyclic amines) is 1. The van der Waals surface area contributed by atoms with Crippen LogP contribution in [0.5, 0.6) is 5.75 Å². The lowest BCUT2D eigenvalue weighted by Gasteiger charge is -2.37. The van der Waals surface area contributed by atoms with Crippen molar-refractivity contribution in [3.8, 4) is 5.75 Å². The Morgan fingerprint density at radius 2 is 1.69 bits per heavy atom. The number of amides is 2. The third-order valence-corrected chi connectivity index (χ3v) is 6.61. The van der Waals surface area contributed by atoms with E-state index >= 15 is 0 Å². The molecular weight excluding hydrogens is 330 g/mol. The van der Waals surface area contributed by atoms with E-state index in [1.54, 1.807) is 6.07 Å². The second-order valence-corrected chi connectivity index (χ2v) is 8.16. The Labute approximate surface area is 152 Å². The van der Waals surface area contributed by atoms with E-state index in [-0.39, 0.29) is 42.0 Å². The van der Waals surface area contributed by atoms with Crippen LogP contribution in [-0.2, 0) is 14.4 Å². The zero-order chi connectivity index (χ0) is 18.2. The molecule has 1 aromatic carbocycles. The van der Waals surface area contributed by atoms with Crippen molar-refractivity contribution in [1.82, 2.24) is 4.90 Å². The lowest BCUT2D eigenvalue weighted by atomic mass is 9.63. The Kier molecular flexibility index (Phi) is 3.21. The lowest BCUT2D eigenvalue weighted by molar-refractivity contribution is -0.148. The van der Waals surface area contributed by atoms with Crippen LogP contribution in [0, 0.1) is 49.4 Å². The van der Waals surface area contributed by atoms with E-state index < -0.39 is 5.97 Å². The van der Waals surface area contributed by atoms with Gasteiger partial charge in [0.25, 0.3) is 0 Å². The van der Waals surface area contributed by atoms with Crippen LogP contribution in [0.3, 0.4) is 0 Å². The maximum absolute atomic E-state index is 12.9. The molecule has 2 saturated carbocycles. The van der Waals surface area contributed by atoms with Crippen molar-refractivity contribution in [2.75, 3.05) is 6.54 Å². The number of allylic oxidation sites excluding steroid dienone is 2. The van der Waals surface area contributed by atoms with Gasteiger partial charge < -0.3 is 4.74 Å². The molecular formula is C21H21NO4. The summed E-state index contributed by atoms with van der Waals surface area (Å²) in [5.74, 6) is 0.460. The van der Waals surface area contributed by atoms with Crippen LogP contribution < -0.4 is 4.74 Å². The molecule has 26 heavy (non-hydrogen) atoms. The number of aryl methyl sites for hydroxylation is 2. The summed E-state index contributed by atoms with van der Waals surface area (Å²) in [4.78, 5) is 39.3. The van der Waals surface area contributed by atoms with Gasteiger partial charge in [0.1, 0.15) is 12.3 Å². The highest BCUT2D eigenvalue weighted by Crippen LogP contribution is 2.65. The number of carbonyl (C=O) groups is 3. The average molecular weight is 351 g/mol. The van der Waals surface area contributed by atoms with Gasteiger partial charge in [-0.15, -0.1) is 0 Å². The summed E-state index contributed by atoms with van der Waals surface area (Å²) < 4.78 is 5.44. The van der Waals surface area contributed by atoms with Crippen molar-refractivity contribution in [2.45, 2.75) is 20.3 Å². The Balaban J connectivity index is 1.34.